The Morgan fingerprint density at radius 2 is 1.61 bits per heavy atom. The minimum Gasteiger partial charge on any atom is -0.388 e. The maximum absolute atomic E-state index is 10.4. The van der Waals surface area contributed by atoms with Crippen LogP contribution in [0, 0.1) is 0 Å². The third kappa shape index (κ3) is 5.08. The molecule has 0 bridgehead atoms. The van der Waals surface area contributed by atoms with Gasteiger partial charge in [0.15, 0.2) is 0 Å². The van der Waals surface area contributed by atoms with Gasteiger partial charge in [0.2, 0.25) is 0 Å². The Bertz CT molecular complexity index is 582. The van der Waals surface area contributed by atoms with Crippen molar-refractivity contribution in [2.45, 2.75) is 22.3 Å². The van der Waals surface area contributed by atoms with E-state index in [1.807, 2.05) is 30.3 Å². The molecule has 2 aromatic carbocycles. The SMILES string of the molecule is O[C@@H](CCN1CCOCC1)c1ccc(Sc2ccccc2)cc1. The summed E-state index contributed by atoms with van der Waals surface area (Å²) in [6.45, 7) is 4.48. The lowest BCUT2D eigenvalue weighted by atomic mass is 10.1. The van der Waals surface area contributed by atoms with Crippen LogP contribution in [0.2, 0.25) is 0 Å². The maximum Gasteiger partial charge on any atom is 0.0802 e. The average molecular weight is 329 g/mol. The highest BCUT2D eigenvalue weighted by atomic mass is 32.2. The van der Waals surface area contributed by atoms with Crippen LogP contribution in [-0.2, 0) is 4.74 Å². The van der Waals surface area contributed by atoms with E-state index in [-0.39, 0.29) is 0 Å². The molecular weight excluding hydrogens is 306 g/mol. The molecule has 4 heteroatoms. The highest BCUT2D eigenvalue weighted by Crippen LogP contribution is 2.28. The Kier molecular flexibility index (Phi) is 6.11. The Morgan fingerprint density at radius 3 is 2.30 bits per heavy atom. The zero-order valence-electron chi connectivity index (χ0n) is 13.2. The van der Waals surface area contributed by atoms with Crippen LogP contribution in [0.3, 0.4) is 0 Å². The number of aliphatic hydroxyl groups is 1. The summed E-state index contributed by atoms with van der Waals surface area (Å²) in [5.41, 5.74) is 0.996. The first kappa shape index (κ1) is 16.5. The molecule has 0 unspecified atom stereocenters. The Labute approximate surface area is 142 Å². The molecule has 1 N–H and O–H groups in total. The van der Waals surface area contributed by atoms with Gasteiger partial charge in [-0.3, -0.25) is 4.90 Å². The first-order valence-electron chi connectivity index (χ1n) is 8.12. The molecule has 1 heterocycles. The van der Waals surface area contributed by atoms with E-state index in [2.05, 4.69) is 29.2 Å². The molecule has 0 amide bonds. The van der Waals surface area contributed by atoms with Crippen molar-refractivity contribution in [3.8, 4) is 0 Å². The normalized spacial score (nSPS) is 17.1. The summed E-state index contributed by atoms with van der Waals surface area (Å²) in [6, 6.07) is 18.6. The number of hydrogen-bond donors (Lipinski definition) is 1. The highest BCUT2D eigenvalue weighted by Gasteiger charge is 2.13. The molecule has 0 aromatic heterocycles. The number of nitrogens with zero attached hydrogens (tertiary/aromatic N) is 1. The lowest BCUT2D eigenvalue weighted by Gasteiger charge is -2.27. The summed E-state index contributed by atoms with van der Waals surface area (Å²) in [5, 5.41) is 10.4. The van der Waals surface area contributed by atoms with Crippen molar-refractivity contribution in [2.75, 3.05) is 32.8 Å². The van der Waals surface area contributed by atoms with Crippen LogP contribution in [0.4, 0.5) is 0 Å². The fourth-order valence-electron chi connectivity index (χ4n) is 2.68. The van der Waals surface area contributed by atoms with Gasteiger partial charge < -0.3 is 9.84 Å². The first-order chi connectivity index (χ1) is 11.3. The van der Waals surface area contributed by atoms with Crippen molar-refractivity contribution in [1.82, 2.24) is 4.90 Å². The lowest BCUT2D eigenvalue weighted by molar-refractivity contribution is 0.0300. The van der Waals surface area contributed by atoms with Gasteiger partial charge >= 0.3 is 0 Å². The van der Waals surface area contributed by atoms with Gasteiger partial charge in [-0.05, 0) is 36.2 Å². The Balaban J connectivity index is 1.51. The molecule has 1 saturated heterocycles. The van der Waals surface area contributed by atoms with Crippen LogP contribution in [0.25, 0.3) is 0 Å². The summed E-state index contributed by atoms with van der Waals surface area (Å²) in [7, 11) is 0. The second-order valence-electron chi connectivity index (χ2n) is 5.74. The van der Waals surface area contributed by atoms with Crippen LogP contribution < -0.4 is 0 Å². The predicted molar refractivity (Wildman–Crippen MR) is 93.8 cm³/mol. The summed E-state index contributed by atoms with van der Waals surface area (Å²) >= 11 is 1.74. The van der Waals surface area contributed by atoms with Gasteiger partial charge in [0, 0.05) is 29.4 Å². The molecule has 23 heavy (non-hydrogen) atoms. The van der Waals surface area contributed by atoms with Crippen molar-refractivity contribution in [1.29, 1.82) is 0 Å². The van der Waals surface area contributed by atoms with E-state index in [0.29, 0.717) is 0 Å². The van der Waals surface area contributed by atoms with Crippen molar-refractivity contribution in [2.24, 2.45) is 0 Å². The second-order valence-corrected chi connectivity index (χ2v) is 6.89. The van der Waals surface area contributed by atoms with Crippen LogP contribution in [0.1, 0.15) is 18.1 Å². The largest absolute Gasteiger partial charge is 0.388 e. The molecule has 122 valence electrons. The standard InChI is InChI=1S/C19H23NO2S/c21-19(10-11-20-12-14-22-15-13-20)16-6-8-18(9-7-16)23-17-4-2-1-3-5-17/h1-9,19,21H,10-15H2/t19-/m0/s1. The van der Waals surface area contributed by atoms with Crippen molar-refractivity contribution in [3.05, 3.63) is 60.2 Å². The van der Waals surface area contributed by atoms with Gasteiger partial charge in [-0.25, -0.2) is 0 Å². The molecule has 1 aliphatic heterocycles. The molecule has 3 nitrogen and oxygen atoms in total. The van der Waals surface area contributed by atoms with E-state index in [9.17, 15) is 5.11 Å². The van der Waals surface area contributed by atoms with Crippen molar-refractivity contribution in [3.63, 3.8) is 0 Å². The maximum atomic E-state index is 10.4. The van der Waals surface area contributed by atoms with Crippen molar-refractivity contribution < 1.29 is 9.84 Å². The average Bonchev–Trinajstić information content (AvgIpc) is 2.62. The summed E-state index contributed by atoms with van der Waals surface area (Å²) in [6.07, 6.45) is 0.374. The third-order valence-electron chi connectivity index (χ3n) is 4.07. The number of aliphatic hydroxyl groups excluding tert-OH is 1. The zero-order chi connectivity index (χ0) is 15.9. The number of morpholine rings is 1. The van der Waals surface area contributed by atoms with Gasteiger partial charge in [0.25, 0.3) is 0 Å². The minimum absolute atomic E-state index is 0.395. The molecule has 1 atom stereocenters. The molecule has 0 spiro atoms. The van der Waals surface area contributed by atoms with E-state index in [1.165, 1.54) is 9.79 Å². The molecule has 0 aliphatic carbocycles. The van der Waals surface area contributed by atoms with Crippen LogP contribution >= 0.6 is 11.8 Å². The molecule has 0 saturated carbocycles. The van der Waals surface area contributed by atoms with Gasteiger partial charge in [0.05, 0.1) is 19.3 Å². The first-order valence-corrected chi connectivity index (χ1v) is 8.94. The fourth-order valence-corrected chi connectivity index (χ4v) is 3.52. The summed E-state index contributed by atoms with van der Waals surface area (Å²) in [5.74, 6) is 0. The molecule has 2 aromatic rings. The lowest BCUT2D eigenvalue weighted by Crippen LogP contribution is -2.37. The van der Waals surface area contributed by atoms with E-state index >= 15 is 0 Å². The number of ether oxygens (including phenoxy) is 1. The smallest absolute Gasteiger partial charge is 0.0802 e. The minimum atomic E-state index is -0.395. The summed E-state index contributed by atoms with van der Waals surface area (Å²) < 4.78 is 5.35. The highest BCUT2D eigenvalue weighted by molar-refractivity contribution is 7.99. The van der Waals surface area contributed by atoms with E-state index in [1.54, 1.807) is 11.8 Å². The van der Waals surface area contributed by atoms with Gasteiger partial charge in [0.1, 0.15) is 0 Å². The van der Waals surface area contributed by atoms with Crippen LogP contribution in [-0.4, -0.2) is 42.9 Å². The Morgan fingerprint density at radius 1 is 0.957 bits per heavy atom. The molecule has 1 aliphatic rings. The monoisotopic (exact) mass is 329 g/mol. The van der Waals surface area contributed by atoms with Crippen molar-refractivity contribution >= 4 is 11.8 Å². The number of benzene rings is 2. The van der Waals surface area contributed by atoms with Gasteiger partial charge in [-0.1, -0.05) is 42.1 Å². The molecule has 0 radical (unpaired) electrons. The van der Waals surface area contributed by atoms with Crippen LogP contribution in [0.15, 0.2) is 64.4 Å². The van der Waals surface area contributed by atoms with Gasteiger partial charge in [-0.2, -0.15) is 0 Å². The van der Waals surface area contributed by atoms with Gasteiger partial charge in [-0.15, -0.1) is 0 Å². The molecule has 3 rings (SSSR count). The quantitative estimate of drug-likeness (QED) is 0.878. The third-order valence-corrected chi connectivity index (χ3v) is 5.08. The van der Waals surface area contributed by atoms with E-state index < -0.39 is 6.10 Å². The zero-order valence-corrected chi connectivity index (χ0v) is 14.0. The van der Waals surface area contributed by atoms with E-state index in [0.717, 1.165) is 44.8 Å². The topological polar surface area (TPSA) is 32.7 Å². The van der Waals surface area contributed by atoms with E-state index in [4.69, 9.17) is 4.74 Å². The van der Waals surface area contributed by atoms with Crippen LogP contribution in [0.5, 0.6) is 0 Å². The number of rotatable bonds is 6. The Hall–Kier alpha value is -1.33. The second kappa shape index (κ2) is 8.50. The fraction of sp³-hybridized carbons (Fsp3) is 0.368. The predicted octanol–water partition coefficient (Wildman–Crippen LogP) is 3.59. The molecule has 1 fully saturated rings. The molecular formula is C19H23NO2S. The summed E-state index contributed by atoms with van der Waals surface area (Å²) in [4.78, 5) is 4.78. The number of hydrogen-bond acceptors (Lipinski definition) is 4.